The van der Waals surface area contributed by atoms with Crippen molar-refractivity contribution >= 4 is 5.84 Å². The lowest BCUT2D eigenvalue weighted by atomic mass is 10.0. The number of amidine groups is 1. The average molecular weight is 277 g/mol. The van der Waals surface area contributed by atoms with Crippen molar-refractivity contribution in [3.05, 3.63) is 29.6 Å². The largest absolute Gasteiger partial charge is 0.409 e. The minimum atomic E-state index is 0.0525. The van der Waals surface area contributed by atoms with Gasteiger partial charge in [-0.25, -0.2) is 0 Å². The van der Waals surface area contributed by atoms with Crippen molar-refractivity contribution in [3.8, 4) is 0 Å². The number of aromatic nitrogens is 1. The number of likely N-dealkylation sites (N-methyl/N-ethyl adjacent to an activating group) is 1. The molecule has 0 bridgehead atoms. The molecular weight excluding hydrogens is 254 g/mol. The number of hydrogen-bond donors (Lipinski definition) is 2. The maximum atomic E-state index is 8.70. The molecular formula is C14H23N5O. The number of rotatable bonds is 4. The molecule has 2 rings (SSSR count). The summed E-state index contributed by atoms with van der Waals surface area (Å²) >= 11 is 0. The van der Waals surface area contributed by atoms with E-state index in [0.29, 0.717) is 11.7 Å². The SMILES string of the molecule is CN(C)C1CCCN(Cc2ccnc(C(N)=NO)c2)C1. The second-order valence-corrected chi connectivity index (χ2v) is 5.53. The number of likely N-dealkylation sites (tertiary alicyclic amines) is 1. The summed E-state index contributed by atoms with van der Waals surface area (Å²) in [4.78, 5) is 8.84. The van der Waals surface area contributed by atoms with Gasteiger partial charge in [0.15, 0.2) is 5.84 Å². The first-order valence-electron chi connectivity index (χ1n) is 6.91. The zero-order valence-corrected chi connectivity index (χ0v) is 12.2. The summed E-state index contributed by atoms with van der Waals surface area (Å²) in [7, 11) is 4.27. The van der Waals surface area contributed by atoms with Gasteiger partial charge in [-0.3, -0.25) is 9.88 Å². The average Bonchev–Trinajstić information content (AvgIpc) is 2.47. The van der Waals surface area contributed by atoms with Crippen LogP contribution >= 0.6 is 0 Å². The summed E-state index contributed by atoms with van der Waals surface area (Å²) in [5, 5.41) is 11.7. The Morgan fingerprint density at radius 1 is 1.60 bits per heavy atom. The molecule has 6 heteroatoms. The monoisotopic (exact) mass is 277 g/mol. The molecule has 0 saturated carbocycles. The van der Waals surface area contributed by atoms with Crippen LogP contribution in [0.2, 0.25) is 0 Å². The van der Waals surface area contributed by atoms with Crippen molar-refractivity contribution in [3.63, 3.8) is 0 Å². The molecule has 1 fully saturated rings. The van der Waals surface area contributed by atoms with Crippen molar-refractivity contribution < 1.29 is 5.21 Å². The van der Waals surface area contributed by atoms with Crippen molar-refractivity contribution in [2.24, 2.45) is 10.9 Å². The van der Waals surface area contributed by atoms with Crippen molar-refractivity contribution in [2.75, 3.05) is 27.2 Å². The van der Waals surface area contributed by atoms with Crippen LogP contribution < -0.4 is 5.73 Å². The topological polar surface area (TPSA) is 78.0 Å². The van der Waals surface area contributed by atoms with Crippen LogP contribution in [0.5, 0.6) is 0 Å². The van der Waals surface area contributed by atoms with Crippen molar-refractivity contribution in [2.45, 2.75) is 25.4 Å². The number of hydrogen-bond acceptors (Lipinski definition) is 5. The van der Waals surface area contributed by atoms with E-state index in [-0.39, 0.29) is 5.84 Å². The molecule has 6 nitrogen and oxygen atoms in total. The van der Waals surface area contributed by atoms with E-state index >= 15 is 0 Å². The Balaban J connectivity index is 2.02. The Kier molecular flexibility index (Phi) is 4.92. The van der Waals surface area contributed by atoms with Crippen LogP contribution in [0.1, 0.15) is 24.1 Å². The van der Waals surface area contributed by atoms with E-state index in [9.17, 15) is 0 Å². The first kappa shape index (κ1) is 14.7. The maximum Gasteiger partial charge on any atom is 0.188 e. The molecule has 0 amide bonds. The molecule has 110 valence electrons. The van der Waals surface area contributed by atoms with Gasteiger partial charge in [-0.15, -0.1) is 0 Å². The molecule has 0 radical (unpaired) electrons. The fraction of sp³-hybridized carbons (Fsp3) is 0.571. The Hall–Kier alpha value is -1.66. The maximum absolute atomic E-state index is 8.70. The van der Waals surface area contributed by atoms with Crippen LogP contribution in [0.4, 0.5) is 0 Å². The summed E-state index contributed by atoms with van der Waals surface area (Å²) in [5.41, 5.74) is 7.23. The Labute approximate surface area is 119 Å². The van der Waals surface area contributed by atoms with Crippen LogP contribution in [0.15, 0.2) is 23.5 Å². The predicted octanol–water partition coefficient (Wildman–Crippen LogP) is 0.702. The number of nitrogens with two attached hydrogens (primary N) is 1. The van der Waals surface area contributed by atoms with E-state index < -0.39 is 0 Å². The third kappa shape index (κ3) is 3.68. The molecule has 1 aromatic rings. The molecule has 1 saturated heterocycles. The first-order chi connectivity index (χ1) is 9.60. The Morgan fingerprint density at radius 3 is 3.10 bits per heavy atom. The molecule has 0 spiro atoms. The van der Waals surface area contributed by atoms with E-state index in [0.717, 1.165) is 25.2 Å². The Morgan fingerprint density at radius 2 is 2.40 bits per heavy atom. The summed E-state index contributed by atoms with van der Waals surface area (Å²) in [6, 6.07) is 4.48. The molecule has 1 aliphatic rings. The predicted molar refractivity (Wildman–Crippen MR) is 78.7 cm³/mol. The van der Waals surface area contributed by atoms with Crippen molar-refractivity contribution in [1.82, 2.24) is 14.8 Å². The third-order valence-corrected chi connectivity index (χ3v) is 3.81. The van der Waals surface area contributed by atoms with Gasteiger partial charge in [0.2, 0.25) is 0 Å². The van der Waals surface area contributed by atoms with Gasteiger partial charge >= 0.3 is 0 Å². The molecule has 3 N–H and O–H groups in total. The van der Waals surface area contributed by atoms with E-state index in [2.05, 4.69) is 34.0 Å². The fourth-order valence-electron chi connectivity index (χ4n) is 2.62. The summed E-state index contributed by atoms with van der Waals surface area (Å²) in [5.74, 6) is 0.0525. The Bertz CT molecular complexity index is 474. The lowest BCUT2D eigenvalue weighted by Gasteiger charge is -2.36. The van der Waals surface area contributed by atoms with Gasteiger partial charge in [-0.2, -0.15) is 0 Å². The fourth-order valence-corrected chi connectivity index (χ4v) is 2.62. The van der Waals surface area contributed by atoms with Crippen LogP contribution in [0.25, 0.3) is 0 Å². The molecule has 1 unspecified atom stereocenters. The molecule has 0 aliphatic carbocycles. The third-order valence-electron chi connectivity index (χ3n) is 3.81. The minimum absolute atomic E-state index is 0.0525. The van der Waals surface area contributed by atoms with Gasteiger partial charge in [0, 0.05) is 25.3 Å². The number of piperidine rings is 1. The molecule has 20 heavy (non-hydrogen) atoms. The highest BCUT2D eigenvalue weighted by molar-refractivity contribution is 5.95. The van der Waals surface area contributed by atoms with Crippen LogP contribution in [0.3, 0.4) is 0 Å². The zero-order chi connectivity index (χ0) is 14.5. The standard InChI is InChI=1S/C14H23N5O/c1-18(2)12-4-3-7-19(10-12)9-11-5-6-16-13(8-11)14(15)17-20/h5-6,8,12,20H,3-4,7,9-10H2,1-2H3,(H2,15,17). The normalized spacial score (nSPS) is 21.4. The molecule has 1 atom stereocenters. The molecule has 2 heterocycles. The van der Waals surface area contributed by atoms with E-state index in [1.165, 1.54) is 12.8 Å². The highest BCUT2D eigenvalue weighted by Gasteiger charge is 2.21. The van der Waals surface area contributed by atoms with Gasteiger partial charge in [-0.05, 0) is 51.2 Å². The van der Waals surface area contributed by atoms with Gasteiger partial charge in [0.1, 0.15) is 5.69 Å². The second-order valence-electron chi connectivity index (χ2n) is 5.53. The van der Waals surface area contributed by atoms with E-state index in [4.69, 9.17) is 10.9 Å². The zero-order valence-electron chi connectivity index (χ0n) is 12.2. The highest BCUT2D eigenvalue weighted by Crippen LogP contribution is 2.16. The summed E-state index contributed by atoms with van der Waals surface area (Å²) in [6.07, 6.45) is 4.19. The highest BCUT2D eigenvalue weighted by atomic mass is 16.4. The number of oxime groups is 1. The quantitative estimate of drug-likeness (QED) is 0.367. The van der Waals surface area contributed by atoms with Gasteiger partial charge in [-0.1, -0.05) is 5.16 Å². The lowest BCUT2D eigenvalue weighted by molar-refractivity contribution is 0.128. The van der Waals surface area contributed by atoms with Crippen LogP contribution in [-0.2, 0) is 6.54 Å². The minimum Gasteiger partial charge on any atom is -0.409 e. The van der Waals surface area contributed by atoms with Crippen molar-refractivity contribution in [1.29, 1.82) is 0 Å². The first-order valence-corrected chi connectivity index (χ1v) is 6.91. The van der Waals surface area contributed by atoms with Crippen LogP contribution in [0, 0.1) is 0 Å². The van der Waals surface area contributed by atoms with Gasteiger partial charge < -0.3 is 15.8 Å². The molecule has 1 aromatic heterocycles. The lowest BCUT2D eigenvalue weighted by Crippen LogP contribution is -2.44. The molecule has 1 aliphatic heterocycles. The smallest absolute Gasteiger partial charge is 0.188 e. The van der Waals surface area contributed by atoms with Gasteiger partial charge in [0.25, 0.3) is 0 Å². The number of nitrogens with zero attached hydrogens (tertiary/aromatic N) is 4. The summed E-state index contributed by atoms with van der Waals surface area (Å²) < 4.78 is 0. The summed E-state index contributed by atoms with van der Waals surface area (Å²) in [6.45, 7) is 3.07. The number of pyridine rings is 1. The van der Waals surface area contributed by atoms with Gasteiger partial charge in [0.05, 0.1) is 0 Å². The van der Waals surface area contributed by atoms with E-state index in [1.54, 1.807) is 6.20 Å². The van der Waals surface area contributed by atoms with E-state index in [1.807, 2.05) is 12.1 Å². The van der Waals surface area contributed by atoms with Crippen LogP contribution in [-0.4, -0.2) is 59.1 Å². The molecule has 0 aromatic carbocycles. The second kappa shape index (κ2) is 6.67.